The van der Waals surface area contributed by atoms with Crippen LogP contribution in [0, 0.1) is 0 Å². The molecular weight excluding hydrogens is 110 g/mol. The number of hydrogen-bond donors (Lipinski definition) is 0. The van der Waals surface area contributed by atoms with E-state index in [9.17, 15) is 0 Å². The van der Waals surface area contributed by atoms with Gasteiger partial charge in [0.2, 0.25) is 0 Å². The number of rotatable bonds is 2. The lowest BCUT2D eigenvalue weighted by atomic mass is 10.4. The van der Waals surface area contributed by atoms with Crippen molar-refractivity contribution in [1.29, 1.82) is 0 Å². The van der Waals surface area contributed by atoms with Gasteiger partial charge >= 0.3 is 0 Å². The van der Waals surface area contributed by atoms with Crippen LogP contribution in [0.1, 0.15) is 19.8 Å². The van der Waals surface area contributed by atoms with Crippen molar-refractivity contribution < 1.29 is 0 Å². The molecule has 0 amide bonds. The van der Waals surface area contributed by atoms with Crippen LogP contribution in [0.5, 0.6) is 0 Å². The highest BCUT2D eigenvalue weighted by Crippen LogP contribution is 2.05. The monoisotopic (exact) mass is 125 g/mol. The number of nitrogens with zero attached hydrogens (tertiary/aromatic N) is 1. The van der Waals surface area contributed by atoms with E-state index in [1.165, 1.54) is 25.9 Å². The van der Waals surface area contributed by atoms with E-state index < -0.39 is 0 Å². The van der Waals surface area contributed by atoms with Gasteiger partial charge in [-0.1, -0.05) is 12.2 Å². The molecule has 0 bridgehead atoms. The Kier molecular flexibility index (Phi) is 2.78. The Bertz CT molecular complexity index is 90.7. The van der Waals surface area contributed by atoms with Gasteiger partial charge < -0.3 is 0 Å². The molecule has 0 saturated carbocycles. The van der Waals surface area contributed by atoms with Crippen molar-refractivity contribution in [2.75, 3.05) is 19.6 Å². The van der Waals surface area contributed by atoms with Crippen molar-refractivity contribution in [2.45, 2.75) is 19.8 Å². The summed E-state index contributed by atoms with van der Waals surface area (Å²) in [6.45, 7) is 5.86. The minimum atomic E-state index is 1.16. The summed E-state index contributed by atoms with van der Waals surface area (Å²) in [6, 6.07) is 0. The summed E-state index contributed by atoms with van der Waals surface area (Å²) >= 11 is 0. The topological polar surface area (TPSA) is 3.24 Å². The Morgan fingerprint density at radius 2 is 2.00 bits per heavy atom. The van der Waals surface area contributed by atoms with Gasteiger partial charge in [-0.05, 0) is 32.9 Å². The van der Waals surface area contributed by atoms with Crippen molar-refractivity contribution in [3.63, 3.8) is 0 Å². The summed E-state index contributed by atoms with van der Waals surface area (Å²) in [7, 11) is 0. The van der Waals surface area contributed by atoms with E-state index in [1.54, 1.807) is 0 Å². The summed E-state index contributed by atoms with van der Waals surface area (Å²) in [6.07, 6.45) is 7.15. The van der Waals surface area contributed by atoms with E-state index in [2.05, 4.69) is 24.0 Å². The van der Waals surface area contributed by atoms with E-state index in [-0.39, 0.29) is 0 Å². The molecule has 0 aliphatic carbocycles. The van der Waals surface area contributed by atoms with Crippen LogP contribution in [0.15, 0.2) is 12.2 Å². The SMILES string of the molecule is C/C=C/CN1CCCC1. The molecular formula is C8H15N. The molecule has 0 N–H and O–H groups in total. The van der Waals surface area contributed by atoms with Gasteiger partial charge in [0.05, 0.1) is 0 Å². The molecule has 1 heterocycles. The minimum absolute atomic E-state index is 1.16. The van der Waals surface area contributed by atoms with E-state index in [0.717, 1.165) is 6.54 Å². The van der Waals surface area contributed by atoms with Gasteiger partial charge in [-0.2, -0.15) is 0 Å². The molecule has 0 radical (unpaired) electrons. The van der Waals surface area contributed by atoms with Crippen molar-refractivity contribution >= 4 is 0 Å². The lowest BCUT2D eigenvalue weighted by Gasteiger charge is -2.09. The highest BCUT2D eigenvalue weighted by molar-refractivity contribution is 4.82. The third-order valence-electron chi connectivity index (χ3n) is 1.80. The van der Waals surface area contributed by atoms with Gasteiger partial charge in [0, 0.05) is 6.54 Å². The molecule has 0 unspecified atom stereocenters. The standard InChI is InChI=1S/C8H15N/c1-2-3-6-9-7-4-5-8-9/h2-3H,4-8H2,1H3/b3-2+. The van der Waals surface area contributed by atoms with Crippen molar-refractivity contribution in [1.82, 2.24) is 4.90 Å². The maximum absolute atomic E-state index is 2.49. The van der Waals surface area contributed by atoms with Gasteiger partial charge in [0.25, 0.3) is 0 Å². The van der Waals surface area contributed by atoms with Crippen molar-refractivity contribution in [3.8, 4) is 0 Å². The molecule has 1 aliphatic heterocycles. The summed E-state index contributed by atoms with van der Waals surface area (Å²) in [4.78, 5) is 2.49. The van der Waals surface area contributed by atoms with Crippen LogP contribution in [-0.4, -0.2) is 24.5 Å². The van der Waals surface area contributed by atoms with Gasteiger partial charge in [-0.25, -0.2) is 0 Å². The Hall–Kier alpha value is -0.300. The third-order valence-corrected chi connectivity index (χ3v) is 1.80. The maximum atomic E-state index is 2.49. The van der Waals surface area contributed by atoms with Gasteiger partial charge in [-0.15, -0.1) is 0 Å². The first kappa shape index (κ1) is 6.81. The molecule has 1 saturated heterocycles. The number of likely N-dealkylation sites (tertiary alicyclic amines) is 1. The zero-order valence-corrected chi connectivity index (χ0v) is 6.14. The predicted octanol–water partition coefficient (Wildman–Crippen LogP) is 1.66. The van der Waals surface area contributed by atoms with Gasteiger partial charge in [0.15, 0.2) is 0 Å². The molecule has 9 heavy (non-hydrogen) atoms. The molecule has 1 heteroatoms. The van der Waals surface area contributed by atoms with Crippen LogP contribution < -0.4 is 0 Å². The summed E-state index contributed by atoms with van der Waals surface area (Å²) in [5.41, 5.74) is 0. The lowest BCUT2D eigenvalue weighted by molar-refractivity contribution is 0.377. The number of allylic oxidation sites excluding steroid dienone is 1. The summed E-state index contributed by atoms with van der Waals surface area (Å²) < 4.78 is 0. The van der Waals surface area contributed by atoms with Crippen molar-refractivity contribution in [3.05, 3.63) is 12.2 Å². The van der Waals surface area contributed by atoms with Gasteiger partial charge in [-0.3, -0.25) is 4.90 Å². The zero-order valence-electron chi connectivity index (χ0n) is 6.14. The molecule has 52 valence electrons. The second kappa shape index (κ2) is 3.67. The molecule has 1 nitrogen and oxygen atoms in total. The second-order valence-corrected chi connectivity index (χ2v) is 2.58. The molecule has 0 spiro atoms. The lowest BCUT2D eigenvalue weighted by Crippen LogP contribution is -2.18. The quantitative estimate of drug-likeness (QED) is 0.507. The normalized spacial score (nSPS) is 21.9. The molecule has 1 rings (SSSR count). The molecule has 1 fully saturated rings. The third kappa shape index (κ3) is 2.19. The Balaban J connectivity index is 2.11. The Morgan fingerprint density at radius 1 is 1.33 bits per heavy atom. The van der Waals surface area contributed by atoms with Crippen LogP contribution >= 0.6 is 0 Å². The molecule has 0 aromatic rings. The Morgan fingerprint density at radius 3 is 2.56 bits per heavy atom. The summed E-state index contributed by atoms with van der Waals surface area (Å²) in [5.74, 6) is 0. The fraction of sp³-hybridized carbons (Fsp3) is 0.750. The van der Waals surface area contributed by atoms with E-state index in [0.29, 0.717) is 0 Å². The second-order valence-electron chi connectivity index (χ2n) is 2.58. The summed E-state index contributed by atoms with van der Waals surface area (Å²) in [5, 5.41) is 0. The zero-order chi connectivity index (χ0) is 6.53. The van der Waals surface area contributed by atoms with E-state index in [4.69, 9.17) is 0 Å². The molecule has 0 atom stereocenters. The predicted molar refractivity (Wildman–Crippen MR) is 40.5 cm³/mol. The van der Waals surface area contributed by atoms with E-state index >= 15 is 0 Å². The molecule has 0 aromatic carbocycles. The average Bonchev–Trinajstić information content (AvgIpc) is 2.34. The van der Waals surface area contributed by atoms with Crippen LogP contribution in [0.2, 0.25) is 0 Å². The average molecular weight is 125 g/mol. The van der Waals surface area contributed by atoms with Crippen LogP contribution in [-0.2, 0) is 0 Å². The van der Waals surface area contributed by atoms with Crippen LogP contribution in [0.25, 0.3) is 0 Å². The van der Waals surface area contributed by atoms with Crippen LogP contribution in [0.4, 0.5) is 0 Å². The van der Waals surface area contributed by atoms with E-state index in [1.807, 2.05) is 0 Å². The minimum Gasteiger partial charge on any atom is -0.300 e. The highest BCUT2D eigenvalue weighted by Gasteiger charge is 2.07. The largest absolute Gasteiger partial charge is 0.300 e. The first-order chi connectivity index (χ1) is 4.43. The fourth-order valence-corrected chi connectivity index (χ4v) is 1.22. The Labute approximate surface area is 57.4 Å². The van der Waals surface area contributed by atoms with Crippen molar-refractivity contribution in [2.24, 2.45) is 0 Å². The van der Waals surface area contributed by atoms with Gasteiger partial charge in [0.1, 0.15) is 0 Å². The smallest absolute Gasteiger partial charge is 0.0163 e. The van der Waals surface area contributed by atoms with Crippen LogP contribution in [0.3, 0.4) is 0 Å². The number of hydrogen-bond acceptors (Lipinski definition) is 1. The highest BCUT2D eigenvalue weighted by atomic mass is 15.1. The molecule has 1 aliphatic rings. The molecule has 0 aromatic heterocycles. The first-order valence-corrected chi connectivity index (χ1v) is 3.77. The first-order valence-electron chi connectivity index (χ1n) is 3.77. The maximum Gasteiger partial charge on any atom is 0.0163 e. The fourth-order valence-electron chi connectivity index (χ4n) is 1.22.